The molecule has 0 saturated carbocycles. The van der Waals surface area contributed by atoms with Crippen molar-refractivity contribution in [2.45, 2.75) is 172 Å². The second-order valence-corrected chi connectivity index (χ2v) is 55.3. The quantitative estimate of drug-likeness (QED) is 0.0487. The summed E-state index contributed by atoms with van der Waals surface area (Å²) in [6.45, 7) is 44.3. The SMILES string of the molecule is CC(C)(Br)C(=O)OCCC[Si](C)(C[Si](C)(C)C)O[Si](C)(C)C.CC(C)(Br)C(=O)OCCC[Si](C)(OC[Si](C)(C)O[Si](C)(C)C)O[Si](C)(C)C. The summed E-state index contributed by atoms with van der Waals surface area (Å²) >= 11 is 6.67. The molecule has 0 aliphatic heterocycles. The summed E-state index contributed by atoms with van der Waals surface area (Å²) in [7, 11) is -12.0. The second kappa shape index (κ2) is 20.3. The molecule has 0 heterocycles. The lowest BCUT2D eigenvalue weighted by Gasteiger charge is -2.38. The van der Waals surface area contributed by atoms with Crippen molar-refractivity contribution < 1.29 is 35.8 Å². The largest absolute Gasteiger partial charge is 0.465 e. The molecule has 294 valence electrons. The van der Waals surface area contributed by atoms with Crippen LogP contribution < -0.4 is 0 Å². The molecule has 0 aromatic heterocycles. The lowest BCUT2D eigenvalue weighted by atomic mass is 10.2. The van der Waals surface area contributed by atoms with Crippen molar-refractivity contribution in [2.24, 2.45) is 0 Å². The summed E-state index contributed by atoms with van der Waals surface area (Å²) in [6.07, 6.45) is 2.31. The molecule has 0 saturated heterocycles. The van der Waals surface area contributed by atoms with Gasteiger partial charge >= 0.3 is 20.5 Å². The van der Waals surface area contributed by atoms with Gasteiger partial charge in [-0.1, -0.05) is 51.5 Å². The molecule has 49 heavy (non-hydrogen) atoms. The zero-order chi connectivity index (χ0) is 39.6. The Hall–Kier alpha value is 1.26. The highest BCUT2D eigenvalue weighted by Crippen LogP contribution is 2.30. The second-order valence-electron chi connectivity index (χ2n) is 19.4. The van der Waals surface area contributed by atoms with Crippen LogP contribution in [-0.4, -0.2) is 98.3 Å². The van der Waals surface area contributed by atoms with Gasteiger partial charge in [0.15, 0.2) is 41.6 Å². The van der Waals surface area contributed by atoms with E-state index in [9.17, 15) is 9.59 Å². The minimum absolute atomic E-state index is 0.188. The third-order valence-corrected chi connectivity index (χ3v) is 32.0. The average molecular weight is 945 g/mol. The molecule has 0 rings (SSSR count). The van der Waals surface area contributed by atoms with Gasteiger partial charge in [-0.3, -0.25) is 9.59 Å². The van der Waals surface area contributed by atoms with Gasteiger partial charge in [0.1, 0.15) is 8.65 Å². The highest BCUT2D eigenvalue weighted by molar-refractivity contribution is 9.10. The molecule has 0 amide bonds. The number of rotatable bonds is 21. The van der Waals surface area contributed by atoms with Crippen LogP contribution in [0.4, 0.5) is 0 Å². The zero-order valence-corrected chi connectivity index (χ0v) is 45.4. The molecule has 0 aliphatic carbocycles. The minimum Gasteiger partial charge on any atom is -0.465 e. The summed E-state index contributed by atoms with van der Waals surface area (Å²) in [5, 5.41) is 0. The zero-order valence-electron chi connectivity index (χ0n) is 35.2. The van der Waals surface area contributed by atoms with Gasteiger partial charge in [-0.25, -0.2) is 0 Å². The van der Waals surface area contributed by atoms with Crippen LogP contribution in [0.3, 0.4) is 0 Å². The normalized spacial score (nSPS) is 16.2. The van der Waals surface area contributed by atoms with Crippen molar-refractivity contribution in [3.05, 3.63) is 0 Å². The summed E-state index contributed by atoms with van der Waals surface area (Å²) in [6, 6.07) is 1.89. The van der Waals surface area contributed by atoms with Gasteiger partial charge in [-0.15, -0.1) is 0 Å². The van der Waals surface area contributed by atoms with E-state index in [0.29, 0.717) is 19.4 Å². The van der Waals surface area contributed by atoms with Crippen LogP contribution in [0.2, 0.25) is 123 Å². The molecule has 2 unspecified atom stereocenters. The Morgan fingerprint density at radius 1 is 0.551 bits per heavy atom. The highest BCUT2D eigenvalue weighted by Gasteiger charge is 2.41. The Balaban J connectivity index is 0. The predicted octanol–water partition coefficient (Wildman–Crippen LogP) is 11.0. The number of carbonyl (C=O) groups is 2. The van der Waals surface area contributed by atoms with Crippen LogP contribution >= 0.6 is 31.9 Å². The van der Waals surface area contributed by atoms with Crippen LogP contribution in [0.15, 0.2) is 0 Å². The first-order valence-corrected chi connectivity index (χ1v) is 41.7. The maximum atomic E-state index is 11.9. The van der Waals surface area contributed by atoms with Crippen molar-refractivity contribution in [3.8, 4) is 0 Å². The molecule has 0 aromatic rings. The van der Waals surface area contributed by atoms with Crippen molar-refractivity contribution >= 4 is 102 Å². The minimum atomic E-state index is -2.36. The topological polar surface area (TPSA) is 89.5 Å². The van der Waals surface area contributed by atoms with Crippen LogP contribution in [0.1, 0.15) is 40.5 Å². The number of alkyl halides is 2. The molecule has 0 aromatic carbocycles. The lowest BCUT2D eigenvalue weighted by molar-refractivity contribution is -0.146. The number of esters is 2. The number of ether oxygens (including phenoxy) is 2. The molecule has 8 nitrogen and oxygen atoms in total. The summed E-state index contributed by atoms with van der Waals surface area (Å²) in [5.41, 5.74) is 1.28. The molecule has 17 heteroatoms. The Bertz CT molecular complexity index is 994. The third-order valence-electron chi connectivity index (χ3n) is 6.35. The van der Waals surface area contributed by atoms with Gasteiger partial charge < -0.3 is 26.2 Å². The fraction of sp³-hybridized carbons (Fsp3) is 0.938. The fourth-order valence-electron chi connectivity index (χ4n) is 5.53. The molecule has 0 N–H and O–H groups in total. The molecule has 0 aliphatic rings. The van der Waals surface area contributed by atoms with E-state index in [1.807, 2.05) is 13.8 Å². The van der Waals surface area contributed by atoms with E-state index in [1.165, 1.54) is 5.67 Å². The first-order chi connectivity index (χ1) is 21.3. The molecular weight excluding hydrogens is 869 g/mol. The van der Waals surface area contributed by atoms with Gasteiger partial charge in [0, 0.05) is 8.07 Å². The van der Waals surface area contributed by atoms with E-state index in [-0.39, 0.29) is 11.9 Å². The van der Waals surface area contributed by atoms with E-state index >= 15 is 0 Å². The molecule has 0 bridgehead atoms. The van der Waals surface area contributed by atoms with Crippen LogP contribution in [0, 0.1) is 0 Å². The van der Waals surface area contributed by atoms with Crippen molar-refractivity contribution in [1.29, 1.82) is 0 Å². The summed E-state index contributed by atoms with van der Waals surface area (Å²) in [5.74, 6) is -0.429. The van der Waals surface area contributed by atoms with Gasteiger partial charge in [-0.05, 0) is 143 Å². The van der Waals surface area contributed by atoms with Crippen molar-refractivity contribution in [2.75, 3.05) is 19.4 Å². The van der Waals surface area contributed by atoms with Gasteiger partial charge in [0.25, 0.3) is 0 Å². The maximum Gasteiger partial charge on any atom is 0.324 e. The summed E-state index contributed by atoms with van der Waals surface area (Å²) < 4.78 is 35.5. The molecule has 0 fully saturated rings. The van der Waals surface area contributed by atoms with E-state index < -0.39 is 66.9 Å². The lowest BCUT2D eigenvalue weighted by Crippen LogP contribution is -2.53. The van der Waals surface area contributed by atoms with E-state index in [4.69, 9.17) is 26.2 Å². The molecule has 2 atom stereocenters. The van der Waals surface area contributed by atoms with Gasteiger partial charge in [0.2, 0.25) is 0 Å². The van der Waals surface area contributed by atoms with Gasteiger partial charge in [-0.2, -0.15) is 0 Å². The molecule has 0 radical (unpaired) electrons. The van der Waals surface area contributed by atoms with E-state index in [1.54, 1.807) is 13.8 Å². The highest BCUT2D eigenvalue weighted by atomic mass is 79.9. The summed E-state index contributed by atoms with van der Waals surface area (Å²) in [4.78, 5) is 23.7. The number of hydrogen-bond acceptors (Lipinski definition) is 8. The first kappa shape index (κ1) is 52.4. The van der Waals surface area contributed by atoms with Crippen molar-refractivity contribution in [1.82, 2.24) is 0 Å². The first-order valence-electron chi connectivity index (χ1n) is 17.8. The third kappa shape index (κ3) is 30.3. The molecule has 0 spiro atoms. The van der Waals surface area contributed by atoms with E-state index in [2.05, 4.69) is 137 Å². The van der Waals surface area contributed by atoms with Crippen LogP contribution in [0.5, 0.6) is 0 Å². The fourth-order valence-corrected chi connectivity index (χ4v) is 39.8. The Kier molecular flexibility index (Phi) is 21.6. The Labute approximate surface area is 326 Å². The molecular formula is C32H76Br2O8Si7. The smallest absolute Gasteiger partial charge is 0.324 e. The van der Waals surface area contributed by atoms with Gasteiger partial charge in [0.05, 0.1) is 19.4 Å². The monoisotopic (exact) mass is 942 g/mol. The number of carbonyl (C=O) groups excluding carboxylic acids is 2. The van der Waals surface area contributed by atoms with Crippen LogP contribution in [0.25, 0.3) is 0 Å². The average Bonchev–Trinajstić information content (AvgIpc) is 2.77. The maximum absolute atomic E-state index is 11.9. The Morgan fingerprint density at radius 3 is 1.24 bits per heavy atom. The van der Waals surface area contributed by atoms with Crippen molar-refractivity contribution in [3.63, 3.8) is 0 Å². The number of halogens is 2. The van der Waals surface area contributed by atoms with Crippen LogP contribution in [-0.2, 0) is 35.8 Å². The van der Waals surface area contributed by atoms with E-state index in [0.717, 1.165) is 24.9 Å². The standard InChI is InChI=1S/C17H41BrO5Si4.C15H35BrO3Si3/c1-17(2,18)16(19)20-13-12-14-27(11,23-25(6,7)8)21-15-26(9,10)22-24(3,4)5;1-15(2,16)14(17)18-11-10-12-22(9,13-20(3,4)5)19-21(6,7)8/h12-15H2,1-11H3;10-13H2,1-9H3. The number of hydrogen-bond donors (Lipinski definition) is 0. The Morgan fingerprint density at radius 2 is 0.918 bits per heavy atom. The predicted molar refractivity (Wildman–Crippen MR) is 235 cm³/mol.